The number of benzene rings is 1. The number of rotatable bonds is 7. The lowest BCUT2D eigenvalue weighted by atomic mass is 10.1. The zero-order valence-electron chi connectivity index (χ0n) is 11.2. The minimum atomic E-state index is 0.316. The molecule has 1 rings (SSSR count). The molecule has 0 aliphatic rings. The van der Waals surface area contributed by atoms with E-state index in [1.807, 2.05) is 19.1 Å². The standard InChI is InChI=1S/C14H23NO2/c1-5-17-10-11(2)15-12(3)13-6-8-14(16-4)9-7-13/h6-9,11-12,15H,5,10H2,1-4H3/t11?,12-/m1/s1. The van der Waals surface area contributed by atoms with E-state index in [0.717, 1.165) is 19.0 Å². The molecular weight excluding hydrogens is 214 g/mol. The van der Waals surface area contributed by atoms with E-state index in [2.05, 4.69) is 31.3 Å². The van der Waals surface area contributed by atoms with Gasteiger partial charge in [-0.1, -0.05) is 12.1 Å². The van der Waals surface area contributed by atoms with Crippen molar-refractivity contribution in [1.29, 1.82) is 0 Å². The molecule has 0 spiro atoms. The Morgan fingerprint density at radius 3 is 2.35 bits per heavy atom. The zero-order valence-corrected chi connectivity index (χ0v) is 11.2. The summed E-state index contributed by atoms with van der Waals surface area (Å²) in [6, 6.07) is 8.82. The molecule has 3 heteroatoms. The summed E-state index contributed by atoms with van der Waals surface area (Å²) in [5.74, 6) is 0.892. The topological polar surface area (TPSA) is 30.5 Å². The monoisotopic (exact) mass is 237 g/mol. The normalized spacial score (nSPS) is 14.4. The highest BCUT2D eigenvalue weighted by atomic mass is 16.5. The van der Waals surface area contributed by atoms with Gasteiger partial charge in [-0.15, -0.1) is 0 Å². The van der Waals surface area contributed by atoms with Crippen molar-refractivity contribution in [3.63, 3.8) is 0 Å². The molecule has 0 aliphatic heterocycles. The minimum Gasteiger partial charge on any atom is -0.497 e. The maximum absolute atomic E-state index is 5.39. The summed E-state index contributed by atoms with van der Waals surface area (Å²) in [4.78, 5) is 0. The molecule has 3 nitrogen and oxygen atoms in total. The summed E-state index contributed by atoms with van der Waals surface area (Å²) in [7, 11) is 1.68. The van der Waals surface area contributed by atoms with E-state index >= 15 is 0 Å². The van der Waals surface area contributed by atoms with Crippen LogP contribution in [0.2, 0.25) is 0 Å². The highest BCUT2D eigenvalue weighted by Crippen LogP contribution is 2.17. The molecule has 1 aromatic rings. The fraction of sp³-hybridized carbons (Fsp3) is 0.571. The van der Waals surface area contributed by atoms with Crippen molar-refractivity contribution in [3.05, 3.63) is 29.8 Å². The van der Waals surface area contributed by atoms with Crippen LogP contribution in [0.25, 0.3) is 0 Å². The third-order valence-electron chi connectivity index (χ3n) is 2.72. The average Bonchev–Trinajstić information content (AvgIpc) is 2.36. The van der Waals surface area contributed by atoms with E-state index in [1.165, 1.54) is 5.56 Å². The van der Waals surface area contributed by atoms with Crippen molar-refractivity contribution in [2.24, 2.45) is 0 Å². The Morgan fingerprint density at radius 1 is 1.18 bits per heavy atom. The van der Waals surface area contributed by atoms with Gasteiger partial charge in [0.1, 0.15) is 5.75 Å². The Bertz CT molecular complexity index is 311. The van der Waals surface area contributed by atoms with Crippen molar-refractivity contribution in [2.75, 3.05) is 20.3 Å². The maximum Gasteiger partial charge on any atom is 0.118 e. The number of hydrogen-bond donors (Lipinski definition) is 1. The molecule has 1 unspecified atom stereocenters. The first-order valence-electron chi connectivity index (χ1n) is 6.15. The van der Waals surface area contributed by atoms with E-state index in [4.69, 9.17) is 9.47 Å². The van der Waals surface area contributed by atoms with Gasteiger partial charge in [-0.3, -0.25) is 0 Å². The minimum absolute atomic E-state index is 0.316. The molecule has 0 aliphatic carbocycles. The molecule has 0 saturated carbocycles. The van der Waals surface area contributed by atoms with Crippen LogP contribution in [0.1, 0.15) is 32.4 Å². The molecule has 0 fully saturated rings. The zero-order chi connectivity index (χ0) is 12.7. The van der Waals surface area contributed by atoms with Crippen molar-refractivity contribution >= 4 is 0 Å². The van der Waals surface area contributed by atoms with Crippen LogP contribution in [-0.2, 0) is 4.74 Å². The number of ether oxygens (including phenoxy) is 2. The number of hydrogen-bond acceptors (Lipinski definition) is 3. The lowest BCUT2D eigenvalue weighted by Gasteiger charge is -2.20. The largest absolute Gasteiger partial charge is 0.497 e. The van der Waals surface area contributed by atoms with E-state index in [0.29, 0.717) is 12.1 Å². The Kier molecular flexibility index (Phi) is 6.01. The van der Waals surface area contributed by atoms with Crippen molar-refractivity contribution in [3.8, 4) is 5.75 Å². The molecule has 1 aromatic carbocycles. The molecular formula is C14H23NO2. The fourth-order valence-electron chi connectivity index (χ4n) is 1.76. The highest BCUT2D eigenvalue weighted by molar-refractivity contribution is 5.28. The summed E-state index contributed by atoms with van der Waals surface area (Å²) in [6.07, 6.45) is 0. The molecule has 2 atom stereocenters. The van der Waals surface area contributed by atoms with Gasteiger partial charge in [0.2, 0.25) is 0 Å². The van der Waals surface area contributed by atoms with Gasteiger partial charge in [0.25, 0.3) is 0 Å². The third kappa shape index (κ3) is 4.75. The lowest BCUT2D eigenvalue weighted by Crippen LogP contribution is -2.32. The summed E-state index contributed by atoms with van der Waals surface area (Å²) in [5, 5.41) is 3.50. The smallest absolute Gasteiger partial charge is 0.118 e. The average molecular weight is 237 g/mol. The summed E-state index contributed by atoms with van der Waals surface area (Å²) < 4.78 is 10.5. The second kappa shape index (κ2) is 7.30. The van der Waals surface area contributed by atoms with Crippen LogP contribution in [-0.4, -0.2) is 26.4 Å². The molecule has 0 radical (unpaired) electrons. The first-order chi connectivity index (χ1) is 8.17. The second-order valence-electron chi connectivity index (χ2n) is 4.22. The van der Waals surface area contributed by atoms with Gasteiger partial charge < -0.3 is 14.8 Å². The highest BCUT2D eigenvalue weighted by Gasteiger charge is 2.09. The van der Waals surface area contributed by atoms with Gasteiger partial charge in [-0.2, -0.15) is 0 Å². The van der Waals surface area contributed by atoms with Crippen molar-refractivity contribution in [1.82, 2.24) is 5.32 Å². The predicted molar refractivity (Wildman–Crippen MR) is 70.5 cm³/mol. The third-order valence-corrected chi connectivity index (χ3v) is 2.72. The van der Waals surface area contributed by atoms with Gasteiger partial charge >= 0.3 is 0 Å². The first kappa shape index (κ1) is 14.0. The second-order valence-corrected chi connectivity index (χ2v) is 4.22. The summed E-state index contributed by atoms with van der Waals surface area (Å²) in [6.45, 7) is 7.82. The fourth-order valence-corrected chi connectivity index (χ4v) is 1.76. The number of methoxy groups -OCH3 is 1. The van der Waals surface area contributed by atoms with E-state index in [-0.39, 0.29) is 0 Å². The quantitative estimate of drug-likeness (QED) is 0.791. The van der Waals surface area contributed by atoms with Crippen LogP contribution in [0.4, 0.5) is 0 Å². The molecule has 0 bridgehead atoms. The van der Waals surface area contributed by atoms with Gasteiger partial charge in [-0.05, 0) is 38.5 Å². The van der Waals surface area contributed by atoms with E-state index < -0.39 is 0 Å². The van der Waals surface area contributed by atoms with E-state index in [9.17, 15) is 0 Å². The van der Waals surface area contributed by atoms with Crippen LogP contribution < -0.4 is 10.1 Å². The Balaban J connectivity index is 2.47. The molecule has 0 amide bonds. The van der Waals surface area contributed by atoms with Gasteiger partial charge in [-0.25, -0.2) is 0 Å². The summed E-state index contributed by atoms with van der Waals surface area (Å²) >= 11 is 0. The van der Waals surface area contributed by atoms with Gasteiger partial charge in [0.05, 0.1) is 13.7 Å². The molecule has 0 saturated heterocycles. The summed E-state index contributed by atoms with van der Waals surface area (Å²) in [5.41, 5.74) is 1.26. The maximum atomic E-state index is 5.39. The Hall–Kier alpha value is -1.06. The molecule has 0 heterocycles. The van der Waals surface area contributed by atoms with Crippen LogP contribution >= 0.6 is 0 Å². The Morgan fingerprint density at radius 2 is 1.82 bits per heavy atom. The molecule has 0 aromatic heterocycles. The molecule has 1 N–H and O–H groups in total. The van der Waals surface area contributed by atoms with Crippen LogP contribution in [0.15, 0.2) is 24.3 Å². The van der Waals surface area contributed by atoms with Crippen LogP contribution in [0.3, 0.4) is 0 Å². The van der Waals surface area contributed by atoms with Crippen LogP contribution in [0, 0.1) is 0 Å². The first-order valence-corrected chi connectivity index (χ1v) is 6.15. The van der Waals surface area contributed by atoms with Gasteiger partial charge in [0.15, 0.2) is 0 Å². The molecule has 96 valence electrons. The van der Waals surface area contributed by atoms with Crippen molar-refractivity contribution in [2.45, 2.75) is 32.9 Å². The number of nitrogens with one attached hydrogen (secondary N) is 1. The van der Waals surface area contributed by atoms with Crippen molar-refractivity contribution < 1.29 is 9.47 Å². The van der Waals surface area contributed by atoms with E-state index in [1.54, 1.807) is 7.11 Å². The predicted octanol–water partition coefficient (Wildman–Crippen LogP) is 2.77. The SMILES string of the molecule is CCOCC(C)N[C@H](C)c1ccc(OC)cc1. The Labute approximate surface area is 104 Å². The van der Waals surface area contributed by atoms with Crippen LogP contribution in [0.5, 0.6) is 5.75 Å². The molecule has 17 heavy (non-hydrogen) atoms. The lowest BCUT2D eigenvalue weighted by molar-refractivity contribution is 0.124. The van der Waals surface area contributed by atoms with Gasteiger partial charge in [0, 0.05) is 18.7 Å².